The van der Waals surface area contributed by atoms with Crippen molar-refractivity contribution in [1.82, 2.24) is 0 Å². The van der Waals surface area contributed by atoms with Crippen molar-refractivity contribution in [3.8, 4) is 11.8 Å². The fourth-order valence-electron chi connectivity index (χ4n) is 1.33. The van der Waals surface area contributed by atoms with Crippen LogP contribution >= 0.6 is 0 Å². The molecule has 1 N–H and O–H groups in total. The maximum Gasteiger partial charge on any atom is 0.416 e. The van der Waals surface area contributed by atoms with Crippen molar-refractivity contribution in [2.45, 2.75) is 19.2 Å². The van der Waals surface area contributed by atoms with Gasteiger partial charge in [-0.25, -0.2) is 0 Å². The van der Waals surface area contributed by atoms with Gasteiger partial charge in [-0.1, -0.05) is 17.0 Å². The first-order valence-corrected chi connectivity index (χ1v) is 5.29. The number of hydrogen-bond acceptors (Lipinski definition) is 2. The number of aliphatic hydroxyl groups excluding tert-OH is 1. The zero-order valence-electron chi connectivity index (χ0n) is 9.78. The number of nitrogens with zero attached hydrogens (tertiary/aromatic N) is 3. The molecule has 1 aromatic carbocycles. The van der Waals surface area contributed by atoms with E-state index in [9.17, 15) is 13.2 Å². The van der Waals surface area contributed by atoms with Crippen LogP contribution in [0.3, 0.4) is 0 Å². The van der Waals surface area contributed by atoms with Crippen LogP contribution in [0, 0.1) is 11.8 Å². The lowest BCUT2D eigenvalue weighted by atomic mass is 10.0. The number of halogens is 3. The van der Waals surface area contributed by atoms with Gasteiger partial charge in [-0.2, -0.15) is 13.2 Å². The van der Waals surface area contributed by atoms with Gasteiger partial charge in [0.1, 0.15) is 0 Å². The molecule has 7 heteroatoms. The van der Waals surface area contributed by atoms with Gasteiger partial charge in [0.2, 0.25) is 0 Å². The Morgan fingerprint density at radius 1 is 1.37 bits per heavy atom. The van der Waals surface area contributed by atoms with Crippen molar-refractivity contribution >= 4 is 0 Å². The zero-order valence-corrected chi connectivity index (χ0v) is 9.78. The normalized spacial score (nSPS) is 10.3. The number of benzene rings is 1. The third-order valence-electron chi connectivity index (χ3n) is 2.23. The molecule has 0 unspecified atom stereocenters. The summed E-state index contributed by atoms with van der Waals surface area (Å²) < 4.78 is 37.4. The van der Waals surface area contributed by atoms with Crippen molar-refractivity contribution in [2.75, 3.05) is 6.54 Å². The molecule has 0 bridgehead atoms. The zero-order chi connectivity index (χ0) is 14.3. The molecular formula is C12H10F3N3O. The lowest BCUT2D eigenvalue weighted by Crippen LogP contribution is -2.06. The minimum Gasteiger partial charge on any atom is -0.392 e. The van der Waals surface area contributed by atoms with E-state index in [1.807, 2.05) is 0 Å². The van der Waals surface area contributed by atoms with Crippen LogP contribution in [-0.2, 0) is 12.8 Å². The molecule has 0 aromatic heterocycles. The van der Waals surface area contributed by atoms with E-state index >= 15 is 0 Å². The lowest BCUT2D eigenvalue weighted by Gasteiger charge is -2.09. The van der Waals surface area contributed by atoms with Crippen LogP contribution in [0.25, 0.3) is 10.4 Å². The summed E-state index contributed by atoms with van der Waals surface area (Å²) in [5.41, 5.74) is 7.67. The monoisotopic (exact) mass is 269 g/mol. The molecule has 0 aliphatic heterocycles. The van der Waals surface area contributed by atoms with Crippen molar-refractivity contribution in [2.24, 2.45) is 5.11 Å². The average molecular weight is 269 g/mol. The molecule has 1 aromatic rings. The third kappa shape index (κ3) is 4.54. The molecule has 0 amide bonds. The van der Waals surface area contributed by atoms with Crippen molar-refractivity contribution in [1.29, 1.82) is 0 Å². The van der Waals surface area contributed by atoms with Crippen LogP contribution in [-0.4, -0.2) is 11.7 Å². The fourth-order valence-corrected chi connectivity index (χ4v) is 1.33. The van der Waals surface area contributed by atoms with Crippen molar-refractivity contribution in [3.63, 3.8) is 0 Å². The summed E-state index contributed by atoms with van der Waals surface area (Å²) in [6.07, 6.45) is -4.15. The second-order valence-electron chi connectivity index (χ2n) is 3.53. The lowest BCUT2D eigenvalue weighted by molar-refractivity contribution is -0.137. The second kappa shape index (κ2) is 6.69. The van der Waals surface area contributed by atoms with E-state index in [0.29, 0.717) is 12.0 Å². The SMILES string of the molecule is [N-]=[N+]=NCCC#Cc1ccc(C(F)(F)F)cc1CO. The first kappa shape index (κ1) is 14.9. The Hall–Kier alpha value is -2.16. The van der Waals surface area contributed by atoms with Crippen molar-refractivity contribution in [3.05, 3.63) is 45.3 Å². The van der Waals surface area contributed by atoms with E-state index in [4.69, 9.17) is 10.6 Å². The molecule has 100 valence electrons. The van der Waals surface area contributed by atoms with E-state index in [2.05, 4.69) is 21.9 Å². The van der Waals surface area contributed by atoms with E-state index in [0.717, 1.165) is 12.1 Å². The largest absolute Gasteiger partial charge is 0.416 e. The Labute approximate surface area is 107 Å². The predicted molar refractivity (Wildman–Crippen MR) is 62.9 cm³/mol. The Morgan fingerprint density at radius 3 is 2.68 bits per heavy atom. The van der Waals surface area contributed by atoms with E-state index in [1.54, 1.807) is 0 Å². The quantitative estimate of drug-likeness (QED) is 0.295. The summed E-state index contributed by atoms with van der Waals surface area (Å²) in [4.78, 5) is 2.54. The summed E-state index contributed by atoms with van der Waals surface area (Å²) >= 11 is 0. The summed E-state index contributed by atoms with van der Waals surface area (Å²) in [6, 6.07) is 3.00. The Morgan fingerprint density at radius 2 is 2.11 bits per heavy atom. The maximum absolute atomic E-state index is 12.5. The molecule has 0 saturated heterocycles. The van der Waals surface area contributed by atoms with Crippen LogP contribution in [0.2, 0.25) is 0 Å². The van der Waals surface area contributed by atoms with Gasteiger partial charge in [0, 0.05) is 23.4 Å². The Balaban J connectivity index is 2.93. The minimum atomic E-state index is -4.45. The molecular weight excluding hydrogens is 259 g/mol. The van der Waals surface area contributed by atoms with Crippen LogP contribution in [0.4, 0.5) is 13.2 Å². The number of aliphatic hydroxyl groups is 1. The van der Waals surface area contributed by atoms with Crippen LogP contribution in [0.1, 0.15) is 23.1 Å². The highest BCUT2D eigenvalue weighted by atomic mass is 19.4. The highest BCUT2D eigenvalue weighted by molar-refractivity contribution is 5.43. The number of azide groups is 1. The maximum atomic E-state index is 12.5. The van der Waals surface area contributed by atoms with Crippen LogP contribution in [0.5, 0.6) is 0 Å². The molecule has 0 aliphatic carbocycles. The topological polar surface area (TPSA) is 69.0 Å². The number of hydrogen-bond donors (Lipinski definition) is 1. The fraction of sp³-hybridized carbons (Fsp3) is 0.333. The third-order valence-corrected chi connectivity index (χ3v) is 2.23. The molecule has 0 radical (unpaired) electrons. The van der Waals surface area contributed by atoms with Gasteiger partial charge in [-0.05, 0) is 29.3 Å². The first-order chi connectivity index (χ1) is 8.99. The van der Waals surface area contributed by atoms with Gasteiger partial charge in [-0.15, -0.1) is 0 Å². The van der Waals surface area contributed by atoms with Gasteiger partial charge in [0.15, 0.2) is 0 Å². The molecule has 19 heavy (non-hydrogen) atoms. The number of rotatable bonds is 3. The Kier molecular flexibility index (Phi) is 5.24. The van der Waals surface area contributed by atoms with E-state index in [1.165, 1.54) is 6.07 Å². The van der Waals surface area contributed by atoms with Crippen LogP contribution in [0.15, 0.2) is 23.3 Å². The average Bonchev–Trinajstić information content (AvgIpc) is 2.37. The van der Waals surface area contributed by atoms with Crippen molar-refractivity contribution < 1.29 is 18.3 Å². The summed E-state index contributed by atoms with van der Waals surface area (Å²) in [5, 5.41) is 12.3. The van der Waals surface area contributed by atoms with Crippen LogP contribution < -0.4 is 0 Å². The van der Waals surface area contributed by atoms with E-state index in [-0.39, 0.29) is 12.1 Å². The van der Waals surface area contributed by atoms with E-state index < -0.39 is 18.3 Å². The van der Waals surface area contributed by atoms with Gasteiger partial charge in [0.05, 0.1) is 12.2 Å². The second-order valence-corrected chi connectivity index (χ2v) is 3.53. The minimum absolute atomic E-state index is 0.117. The molecule has 0 saturated carbocycles. The van der Waals surface area contributed by atoms with Gasteiger partial charge < -0.3 is 5.11 Å². The highest BCUT2D eigenvalue weighted by Crippen LogP contribution is 2.30. The van der Waals surface area contributed by atoms with Gasteiger partial charge in [0.25, 0.3) is 0 Å². The predicted octanol–water partition coefficient (Wildman–Crippen LogP) is 3.25. The van der Waals surface area contributed by atoms with Gasteiger partial charge in [-0.3, -0.25) is 0 Å². The molecule has 0 aliphatic rings. The first-order valence-electron chi connectivity index (χ1n) is 5.29. The molecule has 0 atom stereocenters. The van der Waals surface area contributed by atoms with Gasteiger partial charge >= 0.3 is 6.18 Å². The molecule has 0 fully saturated rings. The summed E-state index contributed by atoms with van der Waals surface area (Å²) in [7, 11) is 0. The molecule has 1 rings (SSSR count). The molecule has 4 nitrogen and oxygen atoms in total. The standard InChI is InChI=1S/C12H10F3N3O/c13-12(14,15)11-5-4-9(10(7-11)8-19)3-1-2-6-17-18-16/h4-5,7,19H,2,6,8H2. The highest BCUT2D eigenvalue weighted by Gasteiger charge is 2.30. The smallest absolute Gasteiger partial charge is 0.392 e. The molecule has 0 spiro atoms. The summed E-state index contributed by atoms with van der Waals surface area (Å²) in [6.45, 7) is -0.330. The number of alkyl halides is 3. The molecule has 0 heterocycles. The summed E-state index contributed by atoms with van der Waals surface area (Å²) in [5.74, 6) is 5.30. The Bertz CT molecular complexity index is 552.